The summed E-state index contributed by atoms with van der Waals surface area (Å²) in [5.74, 6) is 1.03. The van der Waals surface area contributed by atoms with Gasteiger partial charge in [-0.05, 0) is 41.4 Å². The van der Waals surface area contributed by atoms with Crippen LogP contribution in [0.5, 0.6) is 0 Å². The maximum atomic E-state index is 12.7. The molecule has 0 aliphatic rings. The molecule has 0 radical (unpaired) electrons. The van der Waals surface area contributed by atoms with Crippen LogP contribution in [-0.4, -0.2) is 5.75 Å². The number of unbranched alkanes of at least 4 members (excludes halogenated alkanes) is 7. The zero-order valence-electron chi connectivity index (χ0n) is 17.6. The Morgan fingerprint density at radius 2 is 1.38 bits per heavy atom. The van der Waals surface area contributed by atoms with Gasteiger partial charge in [-0.2, -0.15) is 20.5 Å². The molecule has 0 spiro atoms. The number of thioether (sulfide) groups is 1. The number of hydrogen-bond acceptors (Lipinski definition) is 1. The van der Waals surface area contributed by atoms with Crippen LogP contribution in [0.25, 0.3) is 11.1 Å². The molecule has 158 valence electrons. The average molecular weight is 417 g/mol. The zero-order valence-corrected chi connectivity index (χ0v) is 18.4. The lowest BCUT2D eigenvalue weighted by molar-refractivity contribution is 0.417. The molecule has 0 N–H and O–H groups in total. The van der Waals surface area contributed by atoms with Gasteiger partial charge in [-0.1, -0.05) is 106 Å². The summed E-state index contributed by atoms with van der Waals surface area (Å²) in [5, 5.41) is 0.0888. The summed E-state index contributed by atoms with van der Waals surface area (Å²) in [5.41, 5.74) is 3.47. The first-order valence-electron chi connectivity index (χ1n) is 11.0. The predicted molar refractivity (Wildman–Crippen MR) is 125 cm³/mol. The van der Waals surface area contributed by atoms with Crippen molar-refractivity contribution in [1.29, 1.82) is 0 Å². The minimum atomic E-state index is -1.58. The average Bonchev–Trinajstić information content (AvgIpc) is 2.75. The Hall–Kier alpha value is -1.61. The molecule has 0 aliphatic heterocycles. The van der Waals surface area contributed by atoms with E-state index in [9.17, 15) is 8.78 Å². The lowest BCUT2D eigenvalue weighted by atomic mass is 10.0. The zero-order chi connectivity index (χ0) is 20.7. The minimum Gasteiger partial charge on any atom is -0.174 e. The molecular weight excluding hydrogens is 382 g/mol. The van der Waals surface area contributed by atoms with Gasteiger partial charge in [-0.15, -0.1) is 0 Å². The largest absolute Gasteiger partial charge is 0.266 e. The number of rotatable bonds is 14. The lowest BCUT2D eigenvalue weighted by Crippen LogP contribution is -1.95. The monoisotopic (exact) mass is 416 g/mol. The van der Waals surface area contributed by atoms with Gasteiger partial charge in [-0.3, -0.25) is 0 Å². The highest BCUT2D eigenvalue weighted by Gasteiger charge is 2.12. The van der Waals surface area contributed by atoms with Crippen molar-refractivity contribution in [2.45, 2.75) is 70.0 Å². The van der Waals surface area contributed by atoms with Crippen LogP contribution in [0, 0.1) is 0 Å². The molecule has 0 amide bonds. The molecule has 0 unspecified atom stereocenters. The van der Waals surface area contributed by atoms with Crippen molar-refractivity contribution in [2.24, 2.45) is 0 Å². The van der Waals surface area contributed by atoms with E-state index in [2.05, 4.69) is 43.3 Å². The fourth-order valence-electron chi connectivity index (χ4n) is 3.48. The van der Waals surface area contributed by atoms with Crippen molar-refractivity contribution in [3.63, 3.8) is 0 Å². The fraction of sp³-hybridized carbons (Fsp3) is 0.462. The molecule has 3 heteroatoms. The standard InChI is InChI=1S/C26H34F2S/c1-2-3-4-5-6-7-8-12-21-29-25(19-20-26(27)28)24-17-15-23(16-18-24)22-13-10-9-11-14-22/h9-11,13-18,20,25H,2-8,12,19,21H2,1H3/t25-/m0/s1. The van der Waals surface area contributed by atoms with Gasteiger partial charge >= 0.3 is 0 Å². The number of allylic oxidation sites excluding steroid dienone is 1. The molecule has 0 fully saturated rings. The number of hydrogen-bond donors (Lipinski definition) is 0. The molecule has 0 saturated carbocycles. The molecule has 0 saturated heterocycles. The molecular formula is C26H34F2S. The number of benzene rings is 2. The van der Waals surface area contributed by atoms with E-state index < -0.39 is 6.08 Å². The summed E-state index contributed by atoms with van der Waals surface area (Å²) in [6.07, 6.45) is 10.2. The van der Waals surface area contributed by atoms with Gasteiger partial charge in [0.1, 0.15) is 0 Å². The predicted octanol–water partition coefficient (Wildman–Crippen LogP) is 9.44. The molecule has 2 rings (SSSR count). The van der Waals surface area contributed by atoms with Gasteiger partial charge in [0.2, 0.25) is 0 Å². The molecule has 1 atom stereocenters. The van der Waals surface area contributed by atoms with Gasteiger partial charge in [0.15, 0.2) is 0 Å². The van der Waals surface area contributed by atoms with E-state index in [4.69, 9.17) is 0 Å². The van der Waals surface area contributed by atoms with Gasteiger partial charge in [0.25, 0.3) is 6.08 Å². The number of halogens is 2. The van der Waals surface area contributed by atoms with E-state index in [0.29, 0.717) is 6.42 Å². The molecule has 0 heterocycles. The quantitative estimate of drug-likeness (QED) is 0.276. The SMILES string of the molecule is CCCCCCCCCCS[C@@H](CC=C(F)F)c1ccc(-c2ccccc2)cc1. The van der Waals surface area contributed by atoms with Crippen molar-refractivity contribution >= 4 is 11.8 Å². The second-order valence-corrected chi connectivity index (χ2v) is 8.86. The maximum absolute atomic E-state index is 12.7. The Bertz CT molecular complexity index is 690. The van der Waals surface area contributed by atoms with Gasteiger partial charge in [0.05, 0.1) is 0 Å². The Balaban J connectivity index is 1.83. The Labute approximate surface area is 179 Å². The highest BCUT2D eigenvalue weighted by molar-refractivity contribution is 7.99. The first-order chi connectivity index (χ1) is 14.2. The highest BCUT2D eigenvalue weighted by Crippen LogP contribution is 2.35. The van der Waals surface area contributed by atoms with Gasteiger partial charge < -0.3 is 0 Å². The molecule has 2 aromatic carbocycles. The molecule has 0 aliphatic carbocycles. The molecule has 2 aromatic rings. The van der Waals surface area contributed by atoms with E-state index in [1.54, 1.807) is 0 Å². The van der Waals surface area contributed by atoms with E-state index >= 15 is 0 Å². The normalized spacial score (nSPS) is 12.0. The van der Waals surface area contributed by atoms with Crippen LogP contribution in [0.1, 0.15) is 75.5 Å². The Morgan fingerprint density at radius 1 is 0.793 bits per heavy atom. The second kappa shape index (κ2) is 14.4. The third-order valence-electron chi connectivity index (χ3n) is 5.19. The van der Waals surface area contributed by atoms with E-state index in [1.807, 2.05) is 30.0 Å². The van der Waals surface area contributed by atoms with Crippen LogP contribution in [0.2, 0.25) is 0 Å². The second-order valence-electron chi connectivity index (χ2n) is 7.55. The third-order valence-corrected chi connectivity index (χ3v) is 6.58. The third kappa shape index (κ3) is 9.62. The van der Waals surface area contributed by atoms with Gasteiger partial charge in [0, 0.05) is 5.25 Å². The Kier molecular flexibility index (Phi) is 11.7. The molecule has 29 heavy (non-hydrogen) atoms. The summed E-state index contributed by atoms with van der Waals surface area (Å²) < 4.78 is 25.3. The van der Waals surface area contributed by atoms with Crippen LogP contribution < -0.4 is 0 Å². The van der Waals surface area contributed by atoms with E-state index in [0.717, 1.165) is 23.0 Å². The summed E-state index contributed by atoms with van der Waals surface area (Å²) in [7, 11) is 0. The summed E-state index contributed by atoms with van der Waals surface area (Å²) in [4.78, 5) is 0. The van der Waals surface area contributed by atoms with Crippen molar-refractivity contribution in [3.8, 4) is 11.1 Å². The summed E-state index contributed by atoms with van der Waals surface area (Å²) in [6.45, 7) is 2.24. The maximum Gasteiger partial charge on any atom is 0.266 e. The van der Waals surface area contributed by atoms with Crippen LogP contribution in [0.4, 0.5) is 8.78 Å². The topological polar surface area (TPSA) is 0 Å². The van der Waals surface area contributed by atoms with Gasteiger partial charge in [-0.25, -0.2) is 0 Å². The molecule has 0 aromatic heterocycles. The van der Waals surface area contributed by atoms with Crippen LogP contribution in [0.15, 0.2) is 66.8 Å². The van der Waals surface area contributed by atoms with Crippen molar-refractivity contribution < 1.29 is 8.78 Å². The highest BCUT2D eigenvalue weighted by atomic mass is 32.2. The molecule has 0 nitrogen and oxygen atoms in total. The minimum absolute atomic E-state index is 0.0888. The summed E-state index contributed by atoms with van der Waals surface area (Å²) in [6, 6.07) is 18.6. The fourth-order valence-corrected chi connectivity index (χ4v) is 4.72. The smallest absolute Gasteiger partial charge is 0.174 e. The van der Waals surface area contributed by atoms with Crippen LogP contribution in [0.3, 0.4) is 0 Å². The van der Waals surface area contributed by atoms with E-state index in [-0.39, 0.29) is 5.25 Å². The van der Waals surface area contributed by atoms with Crippen molar-refractivity contribution in [1.82, 2.24) is 0 Å². The van der Waals surface area contributed by atoms with Crippen molar-refractivity contribution in [2.75, 3.05) is 5.75 Å². The lowest BCUT2D eigenvalue weighted by Gasteiger charge is -2.16. The summed E-state index contributed by atoms with van der Waals surface area (Å²) >= 11 is 1.81. The first kappa shape index (κ1) is 23.7. The Morgan fingerprint density at radius 3 is 2.00 bits per heavy atom. The van der Waals surface area contributed by atoms with Crippen molar-refractivity contribution in [3.05, 3.63) is 72.3 Å². The van der Waals surface area contributed by atoms with Crippen LogP contribution >= 0.6 is 11.8 Å². The molecule has 0 bridgehead atoms. The first-order valence-corrected chi connectivity index (χ1v) is 12.0. The van der Waals surface area contributed by atoms with Crippen LogP contribution in [-0.2, 0) is 0 Å². The van der Waals surface area contributed by atoms with E-state index in [1.165, 1.54) is 56.9 Å².